The van der Waals surface area contributed by atoms with E-state index in [-0.39, 0.29) is 5.91 Å². The van der Waals surface area contributed by atoms with Crippen LogP contribution in [0.4, 0.5) is 5.82 Å². The number of fused-ring (bicyclic) bond motifs is 1. The molecule has 0 unspecified atom stereocenters. The fraction of sp³-hybridized carbons (Fsp3) is 0.542. The molecule has 0 radical (unpaired) electrons. The number of nitrogens with zero attached hydrogens (tertiary/aromatic N) is 4. The summed E-state index contributed by atoms with van der Waals surface area (Å²) in [5, 5.41) is 0. The van der Waals surface area contributed by atoms with Crippen LogP contribution in [0.5, 0.6) is 5.75 Å². The number of carbonyl (C=O) groups is 1. The first-order valence-electron chi connectivity index (χ1n) is 11.2. The zero-order valence-corrected chi connectivity index (χ0v) is 18.8. The highest BCUT2D eigenvalue weighted by Crippen LogP contribution is 2.29. The molecule has 1 saturated heterocycles. The molecule has 0 saturated carbocycles. The number of rotatable bonds is 6. The fourth-order valence-corrected chi connectivity index (χ4v) is 4.18. The van der Waals surface area contributed by atoms with Crippen molar-refractivity contribution in [2.45, 2.75) is 39.7 Å². The van der Waals surface area contributed by atoms with Gasteiger partial charge in [0.05, 0.1) is 32.6 Å². The molecule has 7 nitrogen and oxygen atoms in total. The van der Waals surface area contributed by atoms with Gasteiger partial charge in [0.1, 0.15) is 17.4 Å². The number of hydrogen-bond acceptors (Lipinski definition) is 6. The Bertz CT molecular complexity index is 908. The summed E-state index contributed by atoms with van der Waals surface area (Å²) in [4.78, 5) is 26.9. The van der Waals surface area contributed by atoms with E-state index in [0.29, 0.717) is 38.5 Å². The highest BCUT2D eigenvalue weighted by Gasteiger charge is 2.28. The second-order valence-corrected chi connectivity index (χ2v) is 8.68. The van der Waals surface area contributed by atoms with E-state index in [2.05, 4.69) is 30.9 Å². The zero-order valence-electron chi connectivity index (χ0n) is 18.8. The SMILES string of the molecule is COc1ccc(Cc2nc3c(c(N4CCOCC4)n2)CN(C(=O)CC(C)C)CC3)cc1. The van der Waals surface area contributed by atoms with E-state index in [9.17, 15) is 4.79 Å². The number of anilines is 1. The second kappa shape index (κ2) is 9.64. The van der Waals surface area contributed by atoms with Gasteiger partial charge in [0.15, 0.2) is 0 Å². The van der Waals surface area contributed by atoms with Crippen LogP contribution in [0.25, 0.3) is 0 Å². The van der Waals surface area contributed by atoms with Gasteiger partial charge in [-0.15, -0.1) is 0 Å². The number of aromatic nitrogens is 2. The average molecular weight is 425 g/mol. The van der Waals surface area contributed by atoms with E-state index in [4.69, 9.17) is 19.4 Å². The van der Waals surface area contributed by atoms with Crippen molar-refractivity contribution < 1.29 is 14.3 Å². The molecule has 3 heterocycles. The van der Waals surface area contributed by atoms with Gasteiger partial charge in [-0.2, -0.15) is 0 Å². The first kappa shape index (κ1) is 21.6. The van der Waals surface area contributed by atoms with Crippen LogP contribution in [-0.4, -0.2) is 60.7 Å². The third-order valence-electron chi connectivity index (χ3n) is 5.85. The average Bonchev–Trinajstić information content (AvgIpc) is 2.79. The molecule has 0 bridgehead atoms. The Kier molecular flexibility index (Phi) is 6.70. The first-order chi connectivity index (χ1) is 15.0. The molecular weight excluding hydrogens is 392 g/mol. The Labute approximate surface area is 184 Å². The molecule has 0 atom stereocenters. The maximum absolute atomic E-state index is 12.7. The molecule has 1 aromatic heterocycles. The van der Waals surface area contributed by atoms with E-state index in [1.165, 1.54) is 0 Å². The van der Waals surface area contributed by atoms with Gasteiger partial charge in [0.2, 0.25) is 5.91 Å². The van der Waals surface area contributed by atoms with Crippen LogP contribution >= 0.6 is 0 Å². The van der Waals surface area contributed by atoms with Gasteiger partial charge in [-0.1, -0.05) is 26.0 Å². The van der Waals surface area contributed by atoms with Crippen LogP contribution in [0, 0.1) is 5.92 Å². The Morgan fingerprint density at radius 3 is 2.55 bits per heavy atom. The normalized spacial score (nSPS) is 16.4. The van der Waals surface area contributed by atoms with Crippen LogP contribution in [0.3, 0.4) is 0 Å². The van der Waals surface area contributed by atoms with Crippen molar-refractivity contribution in [3.63, 3.8) is 0 Å². The summed E-state index contributed by atoms with van der Waals surface area (Å²) in [5.41, 5.74) is 3.33. The quantitative estimate of drug-likeness (QED) is 0.710. The minimum absolute atomic E-state index is 0.218. The van der Waals surface area contributed by atoms with Crippen molar-refractivity contribution in [3.8, 4) is 5.75 Å². The standard InChI is InChI=1S/C24H32N4O3/c1-17(2)14-23(29)28-9-8-21-20(16-28)24(27-10-12-31-13-11-27)26-22(25-21)15-18-4-6-19(30-3)7-5-18/h4-7,17H,8-16H2,1-3H3. The lowest BCUT2D eigenvalue weighted by atomic mass is 10.0. The van der Waals surface area contributed by atoms with Crippen LogP contribution in [0.15, 0.2) is 24.3 Å². The van der Waals surface area contributed by atoms with Gasteiger partial charge >= 0.3 is 0 Å². The molecule has 166 valence electrons. The molecule has 0 spiro atoms. The van der Waals surface area contributed by atoms with Gasteiger partial charge in [0, 0.05) is 44.5 Å². The number of morpholine rings is 1. The molecule has 0 aliphatic carbocycles. The maximum Gasteiger partial charge on any atom is 0.223 e. The lowest BCUT2D eigenvalue weighted by molar-refractivity contribution is -0.132. The molecule has 31 heavy (non-hydrogen) atoms. The highest BCUT2D eigenvalue weighted by atomic mass is 16.5. The van der Waals surface area contributed by atoms with Gasteiger partial charge in [-0.05, 0) is 23.6 Å². The second-order valence-electron chi connectivity index (χ2n) is 8.68. The summed E-state index contributed by atoms with van der Waals surface area (Å²) in [6, 6.07) is 8.05. The van der Waals surface area contributed by atoms with E-state index in [1.807, 2.05) is 17.0 Å². The molecule has 0 N–H and O–H groups in total. The lowest BCUT2D eigenvalue weighted by Crippen LogP contribution is -2.41. The third-order valence-corrected chi connectivity index (χ3v) is 5.85. The number of ether oxygens (including phenoxy) is 2. The van der Waals surface area contributed by atoms with Gasteiger partial charge in [-0.3, -0.25) is 4.79 Å². The Morgan fingerprint density at radius 1 is 1.13 bits per heavy atom. The number of carbonyl (C=O) groups excluding carboxylic acids is 1. The monoisotopic (exact) mass is 424 g/mol. The number of benzene rings is 1. The number of methoxy groups -OCH3 is 1. The van der Waals surface area contributed by atoms with Crippen molar-refractivity contribution in [1.82, 2.24) is 14.9 Å². The number of hydrogen-bond donors (Lipinski definition) is 0. The highest BCUT2D eigenvalue weighted by molar-refractivity contribution is 5.77. The number of amides is 1. The summed E-state index contributed by atoms with van der Waals surface area (Å²) < 4.78 is 10.8. The first-order valence-corrected chi connectivity index (χ1v) is 11.2. The molecule has 4 rings (SSSR count). The lowest BCUT2D eigenvalue weighted by Gasteiger charge is -2.35. The summed E-state index contributed by atoms with van der Waals surface area (Å²) in [5.74, 6) is 3.22. The van der Waals surface area contributed by atoms with Crippen LogP contribution < -0.4 is 9.64 Å². The minimum Gasteiger partial charge on any atom is -0.497 e. The van der Waals surface area contributed by atoms with Gasteiger partial charge < -0.3 is 19.3 Å². The Morgan fingerprint density at radius 2 is 1.87 bits per heavy atom. The van der Waals surface area contributed by atoms with E-state index in [0.717, 1.165) is 60.3 Å². The predicted molar refractivity (Wildman–Crippen MR) is 119 cm³/mol. The van der Waals surface area contributed by atoms with Crippen molar-refractivity contribution in [2.24, 2.45) is 5.92 Å². The van der Waals surface area contributed by atoms with E-state index < -0.39 is 0 Å². The Hall–Kier alpha value is -2.67. The van der Waals surface area contributed by atoms with Crippen molar-refractivity contribution in [1.29, 1.82) is 0 Å². The zero-order chi connectivity index (χ0) is 21.8. The molecule has 1 fully saturated rings. The van der Waals surface area contributed by atoms with Crippen LogP contribution in [0.2, 0.25) is 0 Å². The van der Waals surface area contributed by atoms with E-state index >= 15 is 0 Å². The van der Waals surface area contributed by atoms with Crippen molar-refractivity contribution in [3.05, 3.63) is 46.9 Å². The maximum atomic E-state index is 12.7. The molecule has 2 aromatic rings. The van der Waals surface area contributed by atoms with Crippen LogP contribution in [-0.2, 0) is 28.9 Å². The fourth-order valence-electron chi connectivity index (χ4n) is 4.18. The molecule has 2 aliphatic rings. The topological polar surface area (TPSA) is 67.8 Å². The van der Waals surface area contributed by atoms with Gasteiger partial charge in [-0.25, -0.2) is 9.97 Å². The predicted octanol–water partition coefficient (Wildman–Crippen LogP) is 2.84. The Balaban J connectivity index is 1.63. The molecule has 1 amide bonds. The summed E-state index contributed by atoms with van der Waals surface area (Å²) in [6.07, 6.45) is 2.03. The summed E-state index contributed by atoms with van der Waals surface area (Å²) in [7, 11) is 1.67. The van der Waals surface area contributed by atoms with Gasteiger partial charge in [0.25, 0.3) is 0 Å². The molecule has 7 heteroatoms. The van der Waals surface area contributed by atoms with Crippen LogP contribution in [0.1, 0.15) is 42.9 Å². The molecule has 1 aromatic carbocycles. The molecular formula is C24H32N4O3. The summed E-state index contributed by atoms with van der Waals surface area (Å²) in [6.45, 7) is 8.51. The minimum atomic E-state index is 0.218. The summed E-state index contributed by atoms with van der Waals surface area (Å²) >= 11 is 0. The van der Waals surface area contributed by atoms with E-state index in [1.54, 1.807) is 7.11 Å². The van der Waals surface area contributed by atoms with Crippen molar-refractivity contribution in [2.75, 3.05) is 44.9 Å². The molecule has 2 aliphatic heterocycles. The smallest absolute Gasteiger partial charge is 0.223 e. The third kappa shape index (κ3) is 5.15. The largest absolute Gasteiger partial charge is 0.497 e. The van der Waals surface area contributed by atoms with Crippen molar-refractivity contribution >= 4 is 11.7 Å².